The largest absolute Gasteiger partial charge is 0.316 e. The molecule has 3 aliphatic rings. The molecule has 1 aromatic rings. The fraction of sp³-hybridized carbons (Fsp3) is 0.600. The zero-order chi connectivity index (χ0) is 11.2. The van der Waals surface area contributed by atoms with Gasteiger partial charge in [0.2, 0.25) is 0 Å². The van der Waals surface area contributed by atoms with Crippen LogP contribution in [-0.2, 0) is 6.54 Å². The molecule has 90 valence electrons. The second kappa shape index (κ2) is 3.82. The number of nitrogens with one attached hydrogen (secondary N) is 1. The van der Waals surface area contributed by atoms with E-state index in [9.17, 15) is 0 Å². The van der Waals surface area contributed by atoms with Gasteiger partial charge in [-0.1, -0.05) is 30.3 Å². The van der Waals surface area contributed by atoms with E-state index in [0.717, 1.165) is 30.2 Å². The zero-order valence-electron chi connectivity index (χ0n) is 10.2. The SMILES string of the molecule is c1ccc(CN2CC3C4CNCC4C3C2)cc1. The van der Waals surface area contributed by atoms with Crippen LogP contribution in [0.1, 0.15) is 5.56 Å². The van der Waals surface area contributed by atoms with Gasteiger partial charge in [-0.2, -0.15) is 0 Å². The molecule has 2 nitrogen and oxygen atoms in total. The number of hydrogen-bond acceptors (Lipinski definition) is 2. The lowest BCUT2D eigenvalue weighted by Crippen LogP contribution is -2.44. The van der Waals surface area contributed by atoms with Crippen molar-refractivity contribution in [1.29, 1.82) is 0 Å². The summed E-state index contributed by atoms with van der Waals surface area (Å²) in [7, 11) is 0. The summed E-state index contributed by atoms with van der Waals surface area (Å²) in [5.41, 5.74) is 1.47. The average molecular weight is 228 g/mol. The van der Waals surface area contributed by atoms with Gasteiger partial charge in [-0.25, -0.2) is 0 Å². The fourth-order valence-electron chi connectivity index (χ4n) is 4.33. The van der Waals surface area contributed by atoms with Gasteiger partial charge in [0.05, 0.1) is 0 Å². The minimum Gasteiger partial charge on any atom is -0.316 e. The van der Waals surface area contributed by atoms with Gasteiger partial charge in [-0.15, -0.1) is 0 Å². The minimum atomic E-state index is 0.999. The van der Waals surface area contributed by atoms with Crippen LogP contribution in [0.4, 0.5) is 0 Å². The molecule has 2 saturated heterocycles. The Morgan fingerprint density at radius 1 is 0.941 bits per heavy atom. The van der Waals surface area contributed by atoms with Gasteiger partial charge in [0, 0.05) is 19.6 Å². The van der Waals surface area contributed by atoms with E-state index >= 15 is 0 Å². The first kappa shape index (κ1) is 10.1. The first-order chi connectivity index (χ1) is 8.42. The van der Waals surface area contributed by atoms with Crippen LogP contribution in [0.3, 0.4) is 0 Å². The summed E-state index contributed by atoms with van der Waals surface area (Å²) in [6.45, 7) is 6.39. The number of hydrogen-bond donors (Lipinski definition) is 1. The second-order valence-corrected chi connectivity index (χ2v) is 5.99. The molecule has 0 aromatic heterocycles. The molecule has 4 rings (SSSR count). The van der Waals surface area contributed by atoms with Crippen molar-refractivity contribution < 1.29 is 0 Å². The molecular weight excluding hydrogens is 208 g/mol. The summed E-state index contributed by atoms with van der Waals surface area (Å²) in [6, 6.07) is 10.9. The molecule has 2 aliphatic heterocycles. The highest BCUT2D eigenvalue weighted by Gasteiger charge is 2.55. The monoisotopic (exact) mass is 228 g/mol. The molecule has 2 heteroatoms. The number of benzene rings is 1. The lowest BCUT2D eigenvalue weighted by molar-refractivity contribution is 0.0629. The van der Waals surface area contributed by atoms with E-state index < -0.39 is 0 Å². The van der Waals surface area contributed by atoms with Crippen LogP contribution in [0.5, 0.6) is 0 Å². The number of likely N-dealkylation sites (tertiary alicyclic amines) is 1. The van der Waals surface area contributed by atoms with Gasteiger partial charge < -0.3 is 5.32 Å². The van der Waals surface area contributed by atoms with Crippen LogP contribution in [0.25, 0.3) is 0 Å². The van der Waals surface area contributed by atoms with E-state index in [1.54, 1.807) is 0 Å². The van der Waals surface area contributed by atoms with Crippen molar-refractivity contribution in [1.82, 2.24) is 10.2 Å². The molecular formula is C15H20N2. The summed E-state index contributed by atoms with van der Waals surface area (Å²) in [6.07, 6.45) is 0. The van der Waals surface area contributed by atoms with Crippen LogP contribution in [0.2, 0.25) is 0 Å². The molecule has 3 fully saturated rings. The van der Waals surface area contributed by atoms with E-state index in [2.05, 4.69) is 40.5 Å². The third kappa shape index (κ3) is 1.54. The van der Waals surface area contributed by atoms with Crippen molar-refractivity contribution >= 4 is 0 Å². The summed E-state index contributed by atoms with van der Waals surface area (Å²) in [4.78, 5) is 2.67. The normalized spacial score (nSPS) is 39.8. The Kier molecular flexibility index (Phi) is 2.27. The highest BCUT2D eigenvalue weighted by Crippen LogP contribution is 2.52. The van der Waals surface area contributed by atoms with E-state index in [0.29, 0.717) is 0 Å². The fourth-order valence-corrected chi connectivity index (χ4v) is 4.33. The number of fused-ring (bicyclic) bond motifs is 4. The van der Waals surface area contributed by atoms with Gasteiger partial charge in [-0.05, 0) is 42.3 Å². The molecule has 0 bridgehead atoms. The van der Waals surface area contributed by atoms with Crippen molar-refractivity contribution in [3.63, 3.8) is 0 Å². The maximum absolute atomic E-state index is 3.56. The van der Waals surface area contributed by atoms with Gasteiger partial charge >= 0.3 is 0 Å². The molecule has 17 heavy (non-hydrogen) atoms. The Labute approximate surface area is 103 Å². The van der Waals surface area contributed by atoms with Crippen molar-refractivity contribution in [3.8, 4) is 0 Å². The second-order valence-electron chi connectivity index (χ2n) is 5.99. The summed E-state index contributed by atoms with van der Waals surface area (Å²) in [5, 5.41) is 3.56. The molecule has 1 saturated carbocycles. The summed E-state index contributed by atoms with van der Waals surface area (Å²) >= 11 is 0. The zero-order valence-corrected chi connectivity index (χ0v) is 10.2. The highest BCUT2D eigenvalue weighted by atomic mass is 15.2. The third-order valence-corrected chi connectivity index (χ3v) is 5.15. The molecule has 1 aliphatic carbocycles. The maximum Gasteiger partial charge on any atom is 0.0233 e. The summed E-state index contributed by atoms with van der Waals surface area (Å²) < 4.78 is 0. The van der Waals surface area contributed by atoms with E-state index in [-0.39, 0.29) is 0 Å². The average Bonchev–Trinajstić information content (AvgIpc) is 2.91. The van der Waals surface area contributed by atoms with Crippen molar-refractivity contribution in [2.45, 2.75) is 6.54 Å². The van der Waals surface area contributed by atoms with Crippen LogP contribution in [0.15, 0.2) is 30.3 Å². The predicted octanol–water partition coefficient (Wildman–Crippen LogP) is 1.58. The lowest BCUT2D eigenvalue weighted by Gasteiger charge is -2.43. The van der Waals surface area contributed by atoms with Crippen molar-refractivity contribution in [3.05, 3.63) is 35.9 Å². The molecule has 0 radical (unpaired) electrons. The molecule has 0 spiro atoms. The van der Waals surface area contributed by atoms with E-state index in [1.807, 2.05) is 0 Å². The van der Waals surface area contributed by atoms with E-state index in [1.165, 1.54) is 31.7 Å². The smallest absolute Gasteiger partial charge is 0.0233 e. The molecule has 0 amide bonds. The Morgan fingerprint density at radius 2 is 1.59 bits per heavy atom. The Hall–Kier alpha value is -0.860. The van der Waals surface area contributed by atoms with Crippen LogP contribution in [0, 0.1) is 23.7 Å². The van der Waals surface area contributed by atoms with Gasteiger partial charge in [0.15, 0.2) is 0 Å². The molecule has 4 atom stereocenters. The standard InChI is InChI=1S/C15H20N2/c1-2-4-11(5-3-1)8-17-9-14-12-6-16-7-13(12)15(14)10-17/h1-5,12-16H,6-10H2. The molecule has 1 N–H and O–H groups in total. The predicted molar refractivity (Wildman–Crippen MR) is 68.5 cm³/mol. The first-order valence-electron chi connectivity index (χ1n) is 6.89. The minimum absolute atomic E-state index is 0.999. The number of rotatable bonds is 2. The van der Waals surface area contributed by atoms with Gasteiger partial charge in [0.25, 0.3) is 0 Å². The van der Waals surface area contributed by atoms with Crippen molar-refractivity contribution in [2.24, 2.45) is 23.7 Å². The molecule has 4 unspecified atom stereocenters. The Bertz CT molecular complexity index is 385. The topological polar surface area (TPSA) is 15.3 Å². The van der Waals surface area contributed by atoms with Crippen LogP contribution in [-0.4, -0.2) is 31.1 Å². The maximum atomic E-state index is 3.56. The molecule has 1 aromatic carbocycles. The van der Waals surface area contributed by atoms with Crippen molar-refractivity contribution in [2.75, 3.05) is 26.2 Å². The first-order valence-corrected chi connectivity index (χ1v) is 6.89. The third-order valence-electron chi connectivity index (χ3n) is 5.15. The Balaban J connectivity index is 1.43. The van der Waals surface area contributed by atoms with Gasteiger partial charge in [-0.3, -0.25) is 4.90 Å². The quantitative estimate of drug-likeness (QED) is 0.827. The molecule has 2 heterocycles. The number of nitrogens with zero attached hydrogens (tertiary/aromatic N) is 1. The van der Waals surface area contributed by atoms with Crippen LogP contribution >= 0.6 is 0 Å². The van der Waals surface area contributed by atoms with Gasteiger partial charge in [0.1, 0.15) is 0 Å². The lowest BCUT2D eigenvalue weighted by atomic mass is 9.60. The summed E-state index contributed by atoms with van der Waals surface area (Å²) in [5.74, 6) is 4.00. The van der Waals surface area contributed by atoms with E-state index in [4.69, 9.17) is 0 Å². The van der Waals surface area contributed by atoms with Crippen LogP contribution < -0.4 is 5.32 Å². The Morgan fingerprint density at radius 3 is 2.24 bits per heavy atom. The highest BCUT2D eigenvalue weighted by molar-refractivity contribution is 5.16.